The van der Waals surface area contributed by atoms with Gasteiger partial charge in [-0.1, -0.05) is 12.1 Å². The molecular formula is C11H14FN3. The molecule has 80 valence electrons. The summed E-state index contributed by atoms with van der Waals surface area (Å²) in [6, 6.07) is 8.32. The smallest absolute Gasteiger partial charge is 0.146 e. The quantitative estimate of drug-likeness (QED) is 0.810. The summed E-state index contributed by atoms with van der Waals surface area (Å²) < 4.78 is 13.4. The van der Waals surface area contributed by atoms with Crippen molar-refractivity contribution in [2.24, 2.45) is 0 Å². The Kier molecular flexibility index (Phi) is 4.07. The van der Waals surface area contributed by atoms with E-state index in [1.807, 2.05) is 0 Å². The van der Waals surface area contributed by atoms with Crippen LogP contribution in [0.3, 0.4) is 0 Å². The number of nitrogens with one attached hydrogen (secondary N) is 1. The molecule has 1 aromatic rings. The third kappa shape index (κ3) is 2.93. The minimum Gasteiger partial charge on any atom is -0.370 e. The van der Waals surface area contributed by atoms with Gasteiger partial charge in [-0.25, -0.2) is 4.39 Å². The first kappa shape index (κ1) is 11.5. The average molecular weight is 207 g/mol. The second-order valence-corrected chi connectivity index (χ2v) is 3.30. The van der Waals surface area contributed by atoms with Crippen LogP contribution in [0.15, 0.2) is 24.3 Å². The lowest BCUT2D eigenvalue weighted by Crippen LogP contribution is -2.36. The molecule has 4 heteroatoms. The maximum absolute atomic E-state index is 13.4. The van der Waals surface area contributed by atoms with Gasteiger partial charge >= 0.3 is 0 Å². The molecule has 0 aromatic heterocycles. The third-order valence-electron chi connectivity index (χ3n) is 2.22. The lowest BCUT2D eigenvalue weighted by molar-refractivity contribution is 0.610. The van der Waals surface area contributed by atoms with Gasteiger partial charge in [-0.15, -0.1) is 0 Å². The fourth-order valence-electron chi connectivity index (χ4n) is 1.33. The van der Waals surface area contributed by atoms with Crippen LogP contribution in [0.4, 0.5) is 10.1 Å². The first-order valence-electron chi connectivity index (χ1n) is 4.71. The van der Waals surface area contributed by atoms with Crippen molar-refractivity contribution in [1.82, 2.24) is 5.32 Å². The number of halogens is 1. The van der Waals surface area contributed by atoms with Gasteiger partial charge in [0.25, 0.3) is 0 Å². The number of hydrogen-bond donors (Lipinski definition) is 1. The van der Waals surface area contributed by atoms with E-state index in [-0.39, 0.29) is 11.9 Å². The number of nitriles is 1. The largest absolute Gasteiger partial charge is 0.370 e. The Labute approximate surface area is 89.1 Å². The van der Waals surface area contributed by atoms with Crippen molar-refractivity contribution in [3.8, 4) is 6.07 Å². The van der Waals surface area contributed by atoms with Crippen molar-refractivity contribution in [3.63, 3.8) is 0 Å². The van der Waals surface area contributed by atoms with Gasteiger partial charge in [0, 0.05) is 13.6 Å². The van der Waals surface area contributed by atoms with E-state index in [1.165, 1.54) is 6.07 Å². The van der Waals surface area contributed by atoms with Gasteiger partial charge in [-0.05, 0) is 19.2 Å². The van der Waals surface area contributed by atoms with Crippen LogP contribution in [0.5, 0.6) is 0 Å². The molecule has 1 aromatic carbocycles. The molecule has 0 radical (unpaired) electrons. The Morgan fingerprint density at radius 2 is 2.20 bits per heavy atom. The third-order valence-corrected chi connectivity index (χ3v) is 2.22. The zero-order chi connectivity index (χ0) is 11.3. The monoisotopic (exact) mass is 207 g/mol. The van der Waals surface area contributed by atoms with Crippen LogP contribution in [0, 0.1) is 17.1 Å². The highest BCUT2D eigenvalue weighted by Gasteiger charge is 2.11. The Morgan fingerprint density at radius 3 is 2.73 bits per heavy atom. The number of anilines is 1. The van der Waals surface area contributed by atoms with Crippen molar-refractivity contribution < 1.29 is 4.39 Å². The molecule has 3 nitrogen and oxygen atoms in total. The van der Waals surface area contributed by atoms with E-state index in [2.05, 4.69) is 11.4 Å². The summed E-state index contributed by atoms with van der Waals surface area (Å²) in [5.74, 6) is -0.271. The summed E-state index contributed by atoms with van der Waals surface area (Å²) >= 11 is 0. The first-order valence-corrected chi connectivity index (χ1v) is 4.71. The zero-order valence-corrected chi connectivity index (χ0v) is 8.87. The molecule has 0 fully saturated rings. The minimum atomic E-state index is -0.297. The number of hydrogen-bond acceptors (Lipinski definition) is 3. The second kappa shape index (κ2) is 5.32. The highest BCUT2D eigenvalue weighted by molar-refractivity contribution is 5.47. The zero-order valence-electron chi connectivity index (χ0n) is 8.87. The fraction of sp³-hybridized carbons (Fsp3) is 0.364. The SMILES string of the molecule is CNC(C#N)CN(C)c1ccccc1F. The topological polar surface area (TPSA) is 39.1 Å². The molecular weight excluding hydrogens is 193 g/mol. The van der Waals surface area contributed by atoms with Crippen molar-refractivity contribution >= 4 is 5.69 Å². The summed E-state index contributed by atoms with van der Waals surface area (Å²) in [5, 5.41) is 11.6. The Balaban J connectivity index is 2.73. The maximum Gasteiger partial charge on any atom is 0.146 e. The second-order valence-electron chi connectivity index (χ2n) is 3.30. The molecule has 15 heavy (non-hydrogen) atoms. The molecule has 1 N–H and O–H groups in total. The van der Waals surface area contributed by atoms with Crippen LogP contribution in [0.25, 0.3) is 0 Å². The molecule has 1 rings (SSSR count). The predicted molar refractivity (Wildman–Crippen MR) is 58.1 cm³/mol. The van der Waals surface area contributed by atoms with Crippen molar-refractivity contribution in [1.29, 1.82) is 5.26 Å². The number of para-hydroxylation sites is 1. The standard InChI is InChI=1S/C11H14FN3/c1-14-9(7-13)8-15(2)11-6-4-3-5-10(11)12/h3-6,9,14H,8H2,1-2H3. The van der Waals surface area contributed by atoms with Gasteiger partial charge in [0.15, 0.2) is 0 Å². The molecule has 0 bridgehead atoms. The number of rotatable bonds is 4. The normalized spacial score (nSPS) is 11.9. The number of likely N-dealkylation sites (N-methyl/N-ethyl adjacent to an activating group) is 2. The fourth-order valence-corrected chi connectivity index (χ4v) is 1.33. The average Bonchev–Trinajstić information content (AvgIpc) is 2.26. The van der Waals surface area contributed by atoms with Gasteiger partial charge in [-0.2, -0.15) is 5.26 Å². The lowest BCUT2D eigenvalue weighted by atomic mass is 10.2. The summed E-state index contributed by atoms with van der Waals surface area (Å²) in [4.78, 5) is 1.72. The van der Waals surface area contributed by atoms with Gasteiger partial charge < -0.3 is 10.2 Å². The lowest BCUT2D eigenvalue weighted by Gasteiger charge is -2.22. The minimum absolute atomic E-state index is 0.271. The van der Waals surface area contributed by atoms with E-state index in [0.29, 0.717) is 12.2 Å². The van der Waals surface area contributed by atoms with Crippen LogP contribution >= 0.6 is 0 Å². The Morgan fingerprint density at radius 1 is 1.53 bits per heavy atom. The molecule has 1 unspecified atom stereocenters. The van der Waals surface area contributed by atoms with E-state index in [1.54, 1.807) is 37.2 Å². The van der Waals surface area contributed by atoms with Crippen molar-refractivity contribution in [2.45, 2.75) is 6.04 Å². The number of benzene rings is 1. The van der Waals surface area contributed by atoms with Crippen molar-refractivity contribution in [3.05, 3.63) is 30.1 Å². The first-order chi connectivity index (χ1) is 7.19. The van der Waals surface area contributed by atoms with Gasteiger partial charge in [0.1, 0.15) is 11.9 Å². The van der Waals surface area contributed by atoms with E-state index in [0.717, 1.165) is 0 Å². The summed E-state index contributed by atoms with van der Waals surface area (Å²) in [5.41, 5.74) is 0.507. The molecule has 0 saturated carbocycles. The van der Waals surface area contributed by atoms with Crippen LogP contribution < -0.4 is 10.2 Å². The molecule has 0 saturated heterocycles. The molecule has 0 aliphatic heterocycles. The van der Waals surface area contributed by atoms with E-state index < -0.39 is 0 Å². The molecule has 0 heterocycles. The molecule has 0 spiro atoms. The van der Waals surface area contributed by atoms with Gasteiger partial charge in [-0.3, -0.25) is 0 Å². The van der Waals surface area contributed by atoms with Crippen molar-refractivity contribution in [2.75, 3.05) is 25.5 Å². The molecule has 0 aliphatic rings. The highest BCUT2D eigenvalue weighted by Crippen LogP contribution is 2.16. The Bertz CT molecular complexity index is 359. The molecule has 0 amide bonds. The van der Waals surface area contributed by atoms with E-state index in [4.69, 9.17) is 5.26 Å². The summed E-state index contributed by atoms with van der Waals surface area (Å²) in [6.07, 6.45) is 0. The Hall–Kier alpha value is -1.60. The molecule has 1 atom stereocenters. The summed E-state index contributed by atoms with van der Waals surface area (Å²) in [6.45, 7) is 0.452. The maximum atomic E-state index is 13.4. The predicted octanol–water partition coefficient (Wildman–Crippen LogP) is 1.37. The molecule has 0 aliphatic carbocycles. The van der Waals surface area contributed by atoms with Crippen LogP contribution in [-0.2, 0) is 0 Å². The van der Waals surface area contributed by atoms with E-state index >= 15 is 0 Å². The van der Waals surface area contributed by atoms with Gasteiger partial charge in [0.2, 0.25) is 0 Å². The summed E-state index contributed by atoms with van der Waals surface area (Å²) in [7, 11) is 3.48. The van der Waals surface area contributed by atoms with Crippen LogP contribution in [0.2, 0.25) is 0 Å². The van der Waals surface area contributed by atoms with E-state index in [9.17, 15) is 4.39 Å². The number of nitrogens with zero attached hydrogens (tertiary/aromatic N) is 2. The van der Waals surface area contributed by atoms with Gasteiger partial charge in [0.05, 0.1) is 11.8 Å². The van der Waals surface area contributed by atoms with Crippen LogP contribution in [0.1, 0.15) is 0 Å². The van der Waals surface area contributed by atoms with Crippen LogP contribution in [-0.4, -0.2) is 26.7 Å². The highest BCUT2D eigenvalue weighted by atomic mass is 19.1.